The van der Waals surface area contributed by atoms with Crippen LogP contribution in [0.3, 0.4) is 0 Å². The molecule has 106 valence electrons. The van der Waals surface area contributed by atoms with Crippen LogP contribution >= 0.6 is 11.6 Å². The van der Waals surface area contributed by atoms with E-state index in [1.54, 1.807) is 18.2 Å². The molecule has 3 aromatic rings. The van der Waals surface area contributed by atoms with Crippen LogP contribution in [0.2, 0.25) is 5.02 Å². The van der Waals surface area contributed by atoms with E-state index in [9.17, 15) is 8.78 Å². The molecular formula is C15H9ClF2N2O. The number of rotatable bonds is 2. The highest BCUT2D eigenvalue weighted by atomic mass is 35.5. The van der Waals surface area contributed by atoms with Gasteiger partial charge >= 0.3 is 0 Å². The van der Waals surface area contributed by atoms with Gasteiger partial charge in [-0.3, -0.25) is 0 Å². The van der Waals surface area contributed by atoms with Crippen LogP contribution in [0.25, 0.3) is 22.4 Å². The molecule has 0 fully saturated rings. The Morgan fingerprint density at radius 2 is 1.67 bits per heavy atom. The van der Waals surface area contributed by atoms with E-state index in [-0.39, 0.29) is 16.7 Å². The third-order valence-electron chi connectivity index (χ3n) is 3.04. The largest absolute Gasteiger partial charge is 0.367 e. The topological polar surface area (TPSA) is 52.0 Å². The second-order valence-electron chi connectivity index (χ2n) is 4.41. The highest BCUT2D eigenvalue weighted by Gasteiger charge is 2.18. The molecule has 2 aromatic carbocycles. The molecule has 0 unspecified atom stereocenters. The zero-order valence-corrected chi connectivity index (χ0v) is 11.4. The van der Waals surface area contributed by atoms with Gasteiger partial charge in [-0.25, -0.2) is 8.78 Å². The van der Waals surface area contributed by atoms with Gasteiger partial charge in [-0.2, -0.15) is 0 Å². The van der Waals surface area contributed by atoms with Gasteiger partial charge in [0.2, 0.25) is 5.88 Å². The average molecular weight is 307 g/mol. The molecule has 0 radical (unpaired) electrons. The molecule has 21 heavy (non-hydrogen) atoms. The van der Waals surface area contributed by atoms with E-state index >= 15 is 0 Å². The van der Waals surface area contributed by atoms with Gasteiger partial charge in [0.25, 0.3) is 0 Å². The summed E-state index contributed by atoms with van der Waals surface area (Å²) >= 11 is 5.66. The molecule has 0 atom stereocenters. The van der Waals surface area contributed by atoms with E-state index in [0.29, 0.717) is 22.4 Å². The maximum absolute atomic E-state index is 13.6. The number of hydrogen-bond acceptors (Lipinski definition) is 3. The fourth-order valence-corrected chi connectivity index (χ4v) is 2.16. The number of nitrogens with zero attached hydrogens (tertiary/aromatic N) is 1. The van der Waals surface area contributed by atoms with Crippen molar-refractivity contribution in [1.82, 2.24) is 5.16 Å². The molecule has 0 saturated heterocycles. The molecular weight excluding hydrogens is 298 g/mol. The summed E-state index contributed by atoms with van der Waals surface area (Å²) in [4.78, 5) is 0. The molecule has 3 rings (SSSR count). The highest BCUT2D eigenvalue weighted by molar-refractivity contribution is 6.30. The first-order valence-electron chi connectivity index (χ1n) is 6.03. The number of benzene rings is 2. The Hall–Kier alpha value is -2.40. The number of nitrogens with two attached hydrogens (primary N) is 1. The zero-order valence-electron chi connectivity index (χ0n) is 10.6. The Balaban J connectivity index is 2.16. The van der Waals surface area contributed by atoms with Crippen molar-refractivity contribution >= 4 is 17.5 Å². The predicted octanol–water partition coefficient (Wildman–Crippen LogP) is 4.52. The molecule has 2 N–H and O–H groups in total. The van der Waals surface area contributed by atoms with Gasteiger partial charge in [0.15, 0.2) is 0 Å². The number of nitrogen functional groups attached to an aromatic ring is 1. The quantitative estimate of drug-likeness (QED) is 0.757. The minimum atomic E-state index is -0.569. The van der Waals surface area contributed by atoms with Crippen molar-refractivity contribution in [3.05, 3.63) is 59.1 Å². The third kappa shape index (κ3) is 2.48. The van der Waals surface area contributed by atoms with E-state index in [1.165, 1.54) is 24.3 Å². The number of halogens is 3. The van der Waals surface area contributed by atoms with Crippen LogP contribution in [0.1, 0.15) is 0 Å². The van der Waals surface area contributed by atoms with Crippen molar-refractivity contribution in [1.29, 1.82) is 0 Å². The fourth-order valence-electron chi connectivity index (χ4n) is 2.04. The first-order chi connectivity index (χ1) is 10.1. The maximum Gasteiger partial charge on any atom is 0.230 e. The van der Waals surface area contributed by atoms with Crippen LogP contribution in [-0.4, -0.2) is 5.16 Å². The van der Waals surface area contributed by atoms with Crippen molar-refractivity contribution in [3.63, 3.8) is 0 Å². The molecule has 0 aliphatic rings. The minimum absolute atomic E-state index is 0.0125. The molecule has 0 bridgehead atoms. The second kappa shape index (κ2) is 5.18. The summed E-state index contributed by atoms with van der Waals surface area (Å²) in [5.41, 5.74) is 7.72. The summed E-state index contributed by atoms with van der Waals surface area (Å²) in [6, 6.07) is 9.97. The van der Waals surface area contributed by atoms with Gasteiger partial charge in [0.05, 0.1) is 10.6 Å². The number of aromatic nitrogens is 1. The van der Waals surface area contributed by atoms with Crippen LogP contribution in [0.15, 0.2) is 47.0 Å². The fraction of sp³-hybridized carbons (Fsp3) is 0. The lowest BCUT2D eigenvalue weighted by Crippen LogP contribution is -1.89. The van der Waals surface area contributed by atoms with Crippen LogP contribution in [-0.2, 0) is 0 Å². The number of hydrogen-bond donors (Lipinski definition) is 1. The minimum Gasteiger partial charge on any atom is -0.367 e. The smallest absolute Gasteiger partial charge is 0.230 e. The lowest BCUT2D eigenvalue weighted by Gasteiger charge is -2.04. The lowest BCUT2D eigenvalue weighted by atomic mass is 10.0. The summed E-state index contributed by atoms with van der Waals surface area (Å²) in [7, 11) is 0. The Morgan fingerprint density at radius 1 is 1.00 bits per heavy atom. The van der Waals surface area contributed by atoms with E-state index in [4.69, 9.17) is 21.9 Å². The van der Waals surface area contributed by atoms with Crippen molar-refractivity contribution in [2.45, 2.75) is 0 Å². The van der Waals surface area contributed by atoms with Crippen LogP contribution in [0.5, 0.6) is 0 Å². The SMILES string of the molecule is Nc1onc(-c2ccc(Cl)c(F)c2)c1-c1ccc(F)cc1. The van der Waals surface area contributed by atoms with Crippen molar-refractivity contribution < 1.29 is 13.3 Å². The molecule has 1 aromatic heterocycles. The normalized spacial score (nSPS) is 10.8. The lowest BCUT2D eigenvalue weighted by molar-refractivity contribution is 0.439. The van der Waals surface area contributed by atoms with Crippen molar-refractivity contribution in [2.24, 2.45) is 0 Å². The van der Waals surface area contributed by atoms with Gasteiger partial charge < -0.3 is 10.3 Å². The molecule has 3 nitrogen and oxygen atoms in total. The molecule has 0 amide bonds. The summed E-state index contributed by atoms with van der Waals surface area (Å²) in [5, 5.41) is 3.86. The first-order valence-corrected chi connectivity index (χ1v) is 6.40. The summed E-state index contributed by atoms with van der Waals surface area (Å²) in [5.74, 6) is -0.861. The van der Waals surface area contributed by atoms with Crippen molar-refractivity contribution in [3.8, 4) is 22.4 Å². The van der Waals surface area contributed by atoms with Gasteiger partial charge in [-0.15, -0.1) is 0 Å². The van der Waals surface area contributed by atoms with Crippen LogP contribution < -0.4 is 5.73 Å². The summed E-state index contributed by atoms with van der Waals surface area (Å²) in [6.07, 6.45) is 0. The Labute approximate surface area is 123 Å². The van der Waals surface area contributed by atoms with Gasteiger partial charge in [-0.05, 0) is 29.8 Å². The Bertz CT molecular complexity index is 800. The molecule has 1 heterocycles. The van der Waals surface area contributed by atoms with E-state index < -0.39 is 5.82 Å². The second-order valence-corrected chi connectivity index (χ2v) is 4.81. The van der Waals surface area contributed by atoms with Gasteiger partial charge in [0.1, 0.15) is 17.3 Å². The predicted molar refractivity (Wildman–Crippen MR) is 76.7 cm³/mol. The standard InChI is InChI=1S/C15H9ClF2N2O/c16-11-6-3-9(7-12(11)18)14-13(15(19)21-20-14)8-1-4-10(17)5-2-8/h1-7H,19H2. The monoisotopic (exact) mass is 306 g/mol. The summed E-state index contributed by atoms with van der Waals surface area (Å²) < 4.78 is 31.6. The summed E-state index contributed by atoms with van der Waals surface area (Å²) in [6.45, 7) is 0. The van der Waals surface area contributed by atoms with E-state index in [1.807, 2.05) is 0 Å². The average Bonchev–Trinajstić information content (AvgIpc) is 2.85. The third-order valence-corrected chi connectivity index (χ3v) is 3.35. The Morgan fingerprint density at radius 3 is 2.33 bits per heavy atom. The molecule has 0 saturated carbocycles. The Kier molecular flexibility index (Phi) is 3.35. The van der Waals surface area contributed by atoms with Gasteiger partial charge in [-0.1, -0.05) is 35.0 Å². The molecule has 0 aliphatic heterocycles. The highest BCUT2D eigenvalue weighted by Crippen LogP contribution is 2.36. The van der Waals surface area contributed by atoms with Crippen molar-refractivity contribution in [2.75, 3.05) is 5.73 Å². The molecule has 6 heteroatoms. The zero-order chi connectivity index (χ0) is 15.0. The maximum atomic E-state index is 13.6. The van der Waals surface area contributed by atoms with E-state index in [2.05, 4.69) is 5.16 Å². The molecule has 0 aliphatic carbocycles. The van der Waals surface area contributed by atoms with Crippen LogP contribution in [0, 0.1) is 11.6 Å². The van der Waals surface area contributed by atoms with Gasteiger partial charge in [0, 0.05) is 5.56 Å². The first kappa shape index (κ1) is 13.6. The number of anilines is 1. The van der Waals surface area contributed by atoms with Crippen LogP contribution in [0.4, 0.5) is 14.7 Å². The van der Waals surface area contributed by atoms with E-state index in [0.717, 1.165) is 0 Å². The molecule has 0 spiro atoms.